The second-order valence-corrected chi connectivity index (χ2v) is 7.42. The Balaban J connectivity index is 1.54. The summed E-state index contributed by atoms with van der Waals surface area (Å²) in [6.07, 6.45) is 0.154. The first-order valence-corrected chi connectivity index (χ1v) is 9.36. The molecule has 0 bridgehead atoms. The number of nitrogens with one attached hydrogen (secondary N) is 2. The Morgan fingerprint density at radius 2 is 2.04 bits per heavy atom. The van der Waals surface area contributed by atoms with Gasteiger partial charge in [-0.05, 0) is 43.5 Å². The van der Waals surface area contributed by atoms with E-state index in [1.165, 1.54) is 6.07 Å². The Bertz CT molecular complexity index is 933. The molecule has 1 saturated heterocycles. The van der Waals surface area contributed by atoms with Crippen molar-refractivity contribution in [1.82, 2.24) is 4.90 Å². The van der Waals surface area contributed by atoms with E-state index in [9.17, 15) is 14.0 Å². The van der Waals surface area contributed by atoms with Crippen molar-refractivity contribution in [3.05, 3.63) is 53.8 Å². The lowest BCUT2D eigenvalue weighted by Gasteiger charge is -2.27. The lowest BCUT2D eigenvalue weighted by molar-refractivity contribution is -0.122. The van der Waals surface area contributed by atoms with Crippen molar-refractivity contribution in [2.45, 2.75) is 32.4 Å². The first kappa shape index (κ1) is 18.3. The maximum atomic E-state index is 14.3. The molecule has 2 aliphatic rings. The number of likely N-dealkylation sites (tertiary alicyclic amines) is 1. The van der Waals surface area contributed by atoms with E-state index >= 15 is 0 Å². The monoisotopic (exact) mass is 383 g/mol. The minimum atomic E-state index is -0.555. The maximum Gasteiger partial charge on any atom is 0.322 e. The van der Waals surface area contributed by atoms with E-state index in [1.807, 2.05) is 6.92 Å². The van der Waals surface area contributed by atoms with Gasteiger partial charge in [-0.3, -0.25) is 4.79 Å². The number of urea groups is 1. The topological polar surface area (TPSA) is 70.7 Å². The third-order valence-corrected chi connectivity index (χ3v) is 5.20. The third kappa shape index (κ3) is 3.40. The molecular weight excluding hydrogens is 361 g/mol. The number of carbonyl (C=O) groups excluding carboxylic acids is 2. The number of anilines is 2. The zero-order chi connectivity index (χ0) is 19.8. The zero-order valence-corrected chi connectivity index (χ0v) is 15.7. The fourth-order valence-electron chi connectivity index (χ4n) is 3.79. The summed E-state index contributed by atoms with van der Waals surface area (Å²) in [5, 5.41) is 5.62. The van der Waals surface area contributed by atoms with Crippen LogP contribution in [0.1, 0.15) is 31.9 Å². The van der Waals surface area contributed by atoms with Gasteiger partial charge in [0.1, 0.15) is 11.6 Å². The molecule has 3 amide bonds. The van der Waals surface area contributed by atoms with Crippen LogP contribution in [-0.2, 0) is 4.79 Å². The molecule has 6 nitrogen and oxygen atoms in total. The van der Waals surface area contributed by atoms with E-state index < -0.39 is 6.10 Å². The van der Waals surface area contributed by atoms with E-state index in [4.69, 9.17) is 4.74 Å². The van der Waals surface area contributed by atoms with Gasteiger partial charge in [-0.15, -0.1) is 0 Å². The summed E-state index contributed by atoms with van der Waals surface area (Å²) in [4.78, 5) is 26.4. The first-order valence-electron chi connectivity index (χ1n) is 9.36. The molecule has 2 aromatic carbocycles. The Morgan fingerprint density at radius 3 is 2.82 bits per heavy atom. The summed E-state index contributed by atoms with van der Waals surface area (Å²) in [5.74, 6) is 0.295. The quantitative estimate of drug-likeness (QED) is 0.818. The largest absolute Gasteiger partial charge is 0.479 e. The van der Waals surface area contributed by atoms with E-state index in [2.05, 4.69) is 10.6 Å². The van der Waals surface area contributed by atoms with Crippen LogP contribution in [-0.4, -0.2) is 29.5 Å². The van der Waals surface area contributed by atoms with E-state index in [0.717, 1.165) is 0 Å². The number of nitrogens with zero attached hydrogens (tertiary/aromatic N) is 1. The highest BCUT2D eigenvalue weighted by Crippen LogP contribution is 2.37. The normalized spacial score (nSPS) is 23.6. The Hall–Kier alpha value is -3.09. The van der Waals surface area contributed by atoms with E-state index in [1.54, 1.807) is 48.2 Å². The maximum absolute atomic E-state index is 14.3. The number of rotatable bonds is 2. The molecule has 0 radical (unpaired) electrons. The van der Waals surface area contributed by atoms with Gasteiger partial charge < -0.3 is 20.3 Å². The highest BCUT2D eigenvalue weighted by atomic mass is 19.1. The highest BCUT2D eigenvalue weighted by Gasteiger charge is 2.35. The average Bonchev–Trinajstić information content (AvgIpc) is 3.05. The van der Waals surface area contributed by atoms with Gasteiger partial charge in [0.25, 0.3) is 5.91 Å². The molecule has 0 aliphatic carbocycles. The second-order valence-electron chi connectivity index (χ2n) is 7.42. The molecule has 2 heterocycles. The van der Waals surface area contributed by atoms with Gasteiger partial charge >= 0.3 is 6.03 Å². The summed E-state index contributed by atoms with van der Waals surface area (Å²) < 4.78 is 19.8. The molecule has 7 heteroatoms. The van der Waals surface area contributed by atoms with Gasteiger partial charge in [0, 0.05) is 17.8 Å². The number of benzene rings is 2. The van der Waals surface area contributed by atoms with Crippen molar-refractivity contribution in [1.29, 1.82) is 0 Å². The summed E-state index contributed by atoms with van der Waals surface area (Å²) in [6.45, 7) is 4.27. The van der Waals surface area contributed by atoms with Crippen molar-refractivity contribution < 1.29 is 18.7 Å². The van der Waals surface area contributed by atoms with Crippen LogP contribution >= 0.6 is 0 Å². The molecule has 0 saturated carbocycles. The fourth-order valence-corrected chi connectivity index (χ4v) is 3.79. The van der Waals surface area contributed by atoms with Gasteiger partial charge in [-0.25, -0.2) is 9.18 Å². The predicted octanol–water partition coefficient (Wildman–Crippen LogP) is 4.16. The van der Waals surface area contributed by atoms with Crippen molar-refractivity contribution >= 4 is 23.3 Å². The van der Waals surface area contributed by atoms with Crippen LogP contribution in [0.4, 0.5) is 20.6 Å². The number of ether oxygens (including phenoxy) is 1. The number of hydrogen-bond acceptors (Lipinski definition) is 3. The molecule has 0 aromatic heterocycles. The van der Waals surface area contributed by atoms with Gasteiger partial charge in [-0.1, -0.05) is 25.1 Å². The van der Waals surface area contributed by atoms with Gasteiger partial charge in [0.15, 0.2) is 6.10 Å². The molecule has 2 aromatic rings. The minimum Gasteiger partial charge on any atom is -0.479 e. The predicted molar refractivity (Wildman–Crippen MR) is 104 cm³/mol. The summed E-state index contributed by atoms with van der Waals surface area (Å²) in [7, 11) is 0. The molecule has 2 aliphatic heterocycles. The van der Waals surface area contributed by atoms with Crippen molar-refractivity contribution in [3.8, 4) is 5.75 Å². The number of halogens is 1. The van der Waals surface area contributed by atoms with E-state index in [-0.39, 0.29) is 29.7 Å². The Labute approximate surface area is 162 Å². The molecule has 0 spiro atoms. The fraction of sp³-hybridized carbons (Fsp3) is 0.333. The lowest BCUT2D eigenvalue weighted by atomic mass is 10.0. The van der Waals surface area contributed by atoms with Gasteiger partial charge in [0.05, 0.1) is 11.7 Å². The van der Waals surface area contributed by atoms with Crippen molar-refractivity contribution in [2.75, 3.05) is 17.2 Å². The smallest absolute Gasteiger partial charge is 0.322 e. The average molecular weight is 383 g/mol. The molecule has 3 unspecified atom stereocenters. The molecule has 3 atom stereocenters. The zero-order valence-electron chi connectivity index (χ0n) is 15.7. The molecule has 28 heavy (non-hydrogen) atoms. The van der Waals surface area contributed by atoms with Crippen LogP contribution in [0.25, 0.3) is 0 Å². The number of carbonyl (C=O) groups is 2. The van der Waals surface area contributed by atoms with Crippen LogP contribution < -0.4 is 15.4 Å². The molecular formula is C21H22FN3O3. The Morgan fingerprint density at radius 1 is 1.25 bits per heavy atom. The number of hydrogen-bond donors (Lipinski definition) is 2. The molecule has 2 N–H and O–H groups in total. The van der Waals surface area contributed by atoms with Crippen LogP contribution in [0, 0.1) is 11.7 Å². The van der Waals surface area contributed by atoms with Crippen LogP contribution in [0.3, 0.4) is 0 Å². The minimum absolute atomic E-state index is 0.232. The van der Waals surface area contributed by atoms with Crippen molar-refractivity contribution in [3.63, 3.8) is 0 Å². The summed E-state index contributed by atoms with van der Waals surface area (Å²) >= 11 is 0. The summed E-state index contributed by atoms with van der Waals surface area (Å²) in [5.41, 5.74) is 1.58. The van der Waals surface area contributed by atoms with Gasteiger partial charge in [0.2, 0.25) is 0 Å². The molecule has 4 rings (SSSR count). The number of amides is 3. The number of fused-ring (bicyclic) bond motifs is 1. The highest BCUT2D eigenvalue weighted by molar-refractivity contribution is 5.99. The standard InChI is InChI=1S/C21H22FN3O3/c1-12-9-18(15-5-3-4-6-16(15)22)25(11-12)21(27)23-14-7-8-19-17(10-14)24-20(26)13(2)28-19/h3-8,10,12-13,18H,9,11H2,1-2H3,(H,23,27)(H,24,26). The SMILES string of the molecule is CC1CC(c2ccccc2F)N(C(=O)Nc2ccc3c(c2)NC(=O)C(C)O3)C1. The summed E-state index contributed by atoms with van der Waals surface area (Å²) in [6, 6.07) is 11.1. The second kappa shape index (κ2) is 7.14. The van der Waals surface area contributed by atoms with Crippen LogP contribution in [0.5, 0.6) is 5.75 Å². The van der Waals surface area contributed by atoms with Crippen LogP contribution in [0.15, 0.2) is 42.5 Å². The van der Waals surface area contributed by atoms with Crippen molar-refractivity contribution in [2.24, 2.45) is 5.92 Å². The third-order valence-electron chi connectivity index (χ3n) is 5.20. The van der Waals surface area contributed by atoms with E-state index in [0.29, 0.717) is 35.7 Å². The molecule has 1 fully saturated rings. The van der Waals surface area contributed by atoms with Crippen LogP contribution in [0.2, 0.25) is 0 Å². The lowest BCUT2D eigenvalue weighted by Crippen LogP contribution is -2.36. The first-order chi connectivity index (χ1) is 13.4. The Kier molecular flexibility index (Phi) is 4.66. The molecule has 146 valence electrons. The van der Waals surface area contributed by atoms with Gasteiger partial charge in [-0.2, -0.15) is 0 Å².